The Bertz CT molecular complexity index is 727. The van der Waals surface area contributed by atoms with E-state index in [-0.39, 0.29) is 11.9 Å². The highest BCUT2D eigenvalue weighted by Crippen LogP contribution is 2.17. The van der Waals surface area contributed by atoms with Crippen LogP contribution >= 0.6 is 0 Å². The molecule has 0 radical (unpaired) electrons. The second kappa shape index (κ2) is 6.69. The molecule has 1 aliphatic rings. The number of benzene rings is 1. The minimum Gasteiger partial charge on any atom is -0.378 e. The van der Waals surface area contributed by atoms with Gasteiger partial charge in [-0.2, -0.15) is 0 Å². The maximum absolute atomic E-state index is 13.2. The first-order chi connectivity index (χ1) is 10.7. The summed E-state index contributed by atoms with van der Waals surface area (Å²) in [5.41, 5.74) is 3.36. The second-order valence-electron chi connectivity index (χ2n) is 5.27. The van der Waals surface area contributed by atoms with Gasteiger partial charge < -0.3 is 10.1 Å². The van der Waals surface area contributed by atoms with Crippen LogP contribution in [-0.4, -0.2) is 24.7 Å². The van der Waals surface area contributed by atoms with Gasteiger partial charge in [0.15, 0.2) is 0 Å². The molecule has 1 atom stereocenters. The summed E-state index contributed by atoms with van der Waals surface area (Å²) in [7, 11) is 0. The number of pyridine rings is 1. The van der Waals surface area contributed by atoms with E-state index >= 15 is 0 Å². The van der Waals surface area contributed by atoms with E-state index in [0.29, 0.717) is 17.9 Å². The number of morpholine rings is 1. The van der Waals surface area contributed by atoms with Gasteiger partial charge in [-0.1, -0.05) is 12.0 Å². The van der Waals surface area contributed by atoms with E-state index in [0.717, 1.165) is 24.4 Å². The fourth-order valence-electron chi connectivity index (χ4n) is 2.44. The monoisotopic (exact) mass is 296 g/mol. The lowest BCUT2D eigenvalue weighted by Gasteiger charge is -2.24. The Morgan fingerprint density at radius 2 is 2.18 bits per heavy atom. The van der Waals surface area contributed by atoms with Crippen molar-refractivity contribution < 1.29 is 9.13 Å². The van der Waals surface area contributed by atoms with Gasteiger partial charge in [-0.05, 0) is 48.7 Å². The van der Waals surface area contributed by atoms with E-state index in [1.165, 1.54) is 12.1 Å². The van der Waals surface area contributed by atoms with Crippen LogP contribution in [0.15, 0.2) is 36.4 Å². The van der Waals surface area contributed by atoms with Crippen molar-refractivity contribution >= 4 is 0 Å². The van der Waals surface area contributed by atoms with Gasteiger partial charge in [0.25, 0.3) is 0 Å². The lowest BCUT2D eigenvalue weighted by atomic mass is 10.1. The summed E-state index contributed by atoms with van der Waals surface area (Å²) >= 11 is 0. The number of aromatic nitrogens is 1. The van der Waals surface area contributed by atoms with Crippen molar-refractivity contribution in [3.05, 3.63) is 64.7 Å². The van der Waals surface area contributed by atoms with Crippen LogP contribution in [0.5, 0.6) is 0 Å². The molecule has 1 aliphatic heterocycles. The Balaban J connectivity index is 1.86. The van der Waals surface area contributed by atoms with Crippen molar-refractivity contribution in [1.29, 1.82) is 0 Å². The predicted octanol–water partition coefficient (Wildman–Crippen LogP) is 2.59. The molecule has 2 aromatic rings. The minimum absolute atomic E-state index is 0.171. The number of aryl methyl sites for hydroxylation is 1. The summed E-state index contributed by atoms with van der Waals surface area (Å²) < 4.78 is 18.7. The molecule has 0 bridgehead atoms. The zero-order chi connectivity index (χ0) is 15.4. The molecule has 1 unspecified atom stereocenters. The molecule has 1 N–H and O–H groups in total. The van der Waals surface area contributed by atoms with E-state index in [9.17, 15) is 4.39 Å². The van der Waals surface area contributed by atoms with Gasteiger partial charge in [0.1, 0.15) is 11.5 Å². The minimum atomic E-state index is -0.284. The molecule has 22 heavy (non-hydrogen) atoms. The van der Waals surface area contributed by atoms with Crippen LogP contribution in [0, 0.1) is 24.6 Å². The smallest absolute Gasteiger partial charge is 0.124 e. The average Bonchev–Trinajstić information content (AvgIpc) is 2.53. The van der Waals surface area contributed by atoms with Gasteiger partial charge in [-0.15, -0.1) is 0 Å². The topological polar surface area (TPSA) is 34.1 Å². The molecular formula is C18H17FN2O. The SMILES string of the molecule is Cc1cc(C2COCCN2)cc(C#Cc2cccc(F)c2)n1. The summed E-state index contributed by atoms with van der Waals surface area (Å²) in [4.78, 5) is 4.43. The lowest BCUT2D eigenvalue weighted by Crippen LogP contribution is -2.34. The highest BCUT2D eigenvalue weighted by atomic mass is 19.1. The van der Waals surface area contributed by atoms with Gasteiger partial charge in [0.2, 0.25) is 0 Å². The predicted molar refractivity (Wildman–Crippen MR) is 82.9 cm³/mol. The number of nitrogens with one attached hydrogen (secondary N) is 1. The maximum atomic E-state index is 13.2. The van der Waals surface area contributed by atoms with Crippen LogP contribution < -0.4 is 5.32 Å². The third kappa shape index (κ3) is 3.70. The van der Waals surface area contributed by atoms with Gasteiger partial charge in [-0.3, -0.25) is 0 Å². The molecule has 2 heterocycles. The normalized spacial score (nSPS) is 17.6. The average molecular weight is 296 g/mol. The quantitative estimate of drug-likeness (QED) is 0.821. The van der Waals surface area contributed by atoms with Crippen molar-refractivity contribution in [2.45, 2.75) is 13.0 Å². The molecule has 3 rings (SSSR count). The van der Waals surface area contributed by atoms with Crippen molar-refractivity contribution in [2.75, 3.05) is 19.8 Å². The van der Waals surface area contributed by atoms with Gasteiger partial charge in [0.05, 0.1) is 19.3 Å². The first-order valence-corrected chi connectivity index (χ1v) is 7.28. The van der Waals surface area contributed by atoms with Gasteiger partial charge in [-0.25, -0.2) is 9.37 Å². The van der Waals surface area contributed by atoms with Crippen LogP contribution in [0.1, 0.15) is 28.6 Å². The second-order valence-corrected chi connectivity index (χ2v) is 5.27. The summed E-state index contributed by atoms with van der Waals surface area (Å²) in [5.74, 6) is 5.68. The third-order valence-corrected chi connectivity index (χ3v) is 3.46. The lowest BCUT2D eigenvalue weighted by molar-refractivity contribution is 0.0768. The number of hydrogen-bond acceptors (Lipinski definition) is 3. The Morgan fingerprint density at radius 1 is 1.27 bits per heavy atom. The fraction of sp³-hybridized carbons (Fsp3) is 0.278. The van der Waals surface area contributed by atoms with Crippen LogP contribution in [0.4, 0.5) is 4.39 Å². The van der Waals surface area contributed by atoms with E-state index < -0.39 is 0 Å². The zero-order valence-corrected chi connectivity index (χ0v) is 12.4. The maximum Gasteiger partial charge on any atom is 0.124 e. The Kier molecular flexibility index (Phi) is 4.47. The molecule has 3 nitrogen and oxygen atoms in total. The number of nitrogens with zero attached hydrogens (tertiary/aromatic N) is 1. The summed E-state index contributed by atoms with van der Waals surface area (Å²) in [6.07, 6.45) is 0. The Hall–Kier alpha value is -2.22. The van der Waals surface area contributed by atoms with E-state index in [2.05, 4.69) is 22.1 Å². The molecule has 1 saturated heterocycles. The highest BCUT2D eigenvalue weighted by molar-refractivity contribution is 5.42. The fourth-order valence-corrected chi connectivity index (χ4v) is 2.44. The molecule has 0 aliphatic carbocycles. The number of ether oxygens (including phenoxy) is 1. The first-order valence-electron chi connectivity index (χ1n) is 7.28. The van der Waals surface area contributed by atoms with Crippen LogP contribution in [0.2, 0.25) is 0 Å². The van der Waals surface area contributed by atoms with E-state index in [4.69, 9.17) is 4.74 Å². The van der Waals surface area contributed by atoms with Gasteiger partial charge in [0, 0.05) is 17.8 Å². The number of hydrogen-bond donors (Lipinski definition) is 1. The number of rotatable bonds is 1. The first kappa shape index (κ1) is 14.7. The molecule has 0 amide bonds. The van der Waals surface area contributed by atoms with Crippen molar-refractivity contribution in [3.63, 3.8) is 0 Å². The largest absolute Gasteiger partial charge is 0.378 e. The molecule has 1 aromatic carbocycles. The van der Waals surface area contributed by atoms with Crippen LogP contribution in [0.3, 0.4) is 0 Å². The number of halogens is 1. The van der Waals surface area contributed by atoms with Crippen molar-refractivity contribution in [1.82, 2.24) is 10.3 Å². The molecule has 0 saturated carbocycles. The molecule has 1 fully saturated rings. The molecule has 0 spiro atoms. The van der Waals surface area contributed by atoms with Gasteiger partial charge >= 0.3 is 0 Å². The third-order valence-electron chi connectivity index (χ3n) is 3.46. The van der Waals surface area contributed by atoms with Crippen LogP contribution in [0.25, 0.3) is 0 Å². The highest BCUT2D eigenvalue weighted by Gasteiger charge is 2.16. The van der Waals surface area contributed by atoms with Crippen molar-refractivity contribution in [2.24, 2.45) is 0 Å². The van der Waals surface area contributed by atoms with Crippen molar-refractivity contribution in [3.8, 4) is 11.8 Å². The summed E-state index contributed by atoms with van der Waals surface area (Å²) in [6, 6.07) is 10.4. The Morgan fingerprint density at radius 3 is 2.95 bits per heavy atom. The summed E-state index contributed by atoms with van der Waals surface area (Å²) in [5, 5.41) is 3.42. The van der Waals surface area contributed by atoms with E-state index in [1.807, 2.05) is 19.1 Å². The van der Waals surface area contributed by atoms with E-state index in [1.54, 1.807) is 12.1 Å². The molecule has 4 heteroatoms. The zero-order valence-electron chi connectivity index (χ0n) is 12.4. The Labute approximate surface area is 129 Å². The standard InChI is InChI=1S/C18H17FN2O/c1-13-9-15(18-12-22-8-7-20-18)11-17(21-13)6-5-14-3-2-4-16(19)10-14/h2-4,9-11,18,20H,7-8,12H2,1H3. The molecule has 1 aromatic heterocycles. The molecular weight excluding hydrogens is 279 g/mol. The summed E-state index contributed by atoms with van der Waals surface area (Å²) in [6.45, 7) is 4.18. The van der Waals surface area contributed by atoms with Crippen LogP contribution in [-0.2, 0) is 4.74 Å². The molecule has 112 valence electrons.